The van der Waals surface area contributed by atoms with Crippen LogP contribution in [-0.4, -0.2) is 32.3 Å². The van der Waals surface area contributed by atoms with Gasteiger partial charge in [-0.25, -0.2) is 14.8 Å². The molecule has 0 aliphatic heterocycles. The molecule has 3 rings (SSSR count). The van der Waals surface area contributed by atoms with Gasteiger partial charge >= 0.3 is 6.16 Å². The largest absolute Gasteiger partial charge is 0.513 e. The van der Waals surface area contributed by atoms with Crippen LogP contribution in [0.3, 0.4) is 0 Å². The molecule has 0 bridgehead atoms. The van der Waals surface area contributed by atoms with Crippen molar-refractivity contribution in [1.82, 2.24) is 19.5 Å². The van der Waals surface area contributed by atoms with Gasteiger partial charge in [-0.1, -0.05) is 23.2 Å². The average Bonchev–Trinajstić information content (AvgIpc) is 2.61. The zero-order valence-corrected chi connectivity index (χ0v) is 15.2. The first-order chi connectivity index (χ1) is 12.4. The summed E-state index contributed by atoms with van der Waals surface area (Å²) < 4.78 is 11.3. The van der Waals surface area contributed by atoms with E-state index in [4.69, 9.17) is 32.7 Å². The van der Waals surface area contributed by atoms with E-state index < -0.39 is 11.7 Å². The second-order valence-electron chi connectivity index (χ2n) is 5.07. The van der Waals surface area contributed by atoms with Crippen molar-refractivity contribution in [2.75, 3.05) is 6.61 Å². The van der Waals surface area contributed by atoms with E-state index in [-0.39, 0.29) is 39.8 Å². The van der Waals surface area contributed by atoms with Crippen LogP contribution in [0.1, 0.15) is 6.92 Å². The molecule has 0 radical (unpaired) electrons. The lowest BCUT2D eigenvalue weighted by Gasteiger charge is -2.14. The smallest absolute Gasteiger partial charge is 0.434 e. The van der Waals surface area contributed by atoms with Crippen molar-refractivity contribution in [3.05, 3.63) is 45.1 Å². The van der Waals surface area contributed by atoms with Crippen molar-refractivity contribution in [1.29, 1.82) is 0 Å². The van der Waals surface area contributed by atoms with Gasteiger partial charge in [0, 0.05) is 25.6 Å². The summed E-state index contributed by atoms with van der Waals surface area (Å²) in [5, 5.41) is 0.413. The van der Waals surface area contributed by atoms with Crippen LogP contribution in [0.2, 0.25) is 10.0 Å². The Morgan fingerprint density at radius 2 is 1.96 bits per heavy atom. The Morgan fingerprint density at radius 1 is 1.23 bits per heavy atom. The average molecular weight is 395 g/mol. The fourth-order valence-corrected chi connectivity index (χ4v) is 2.83. The van der Waals surface area contributed by atoms with Crippen LogP contribution in [0.5, 0.6) is 5.75 Å². The molecule has 0 amide bonds. The first kappa shape index (κ1) is 18.1. The third kappa shape index (κ3) is 3.21. The highest BCUT2D eigenvalue weighted by molar-refractivity contribution is 6.36. The van der Waals surface area contributed by atoms with E-state index in [0.29, 0.717) is 5.02 Å². The zero-order chi connectivity index (χ0) is 18.8. The lowest BCUT2D eigenvalue weighted by atomic mass is 10.1. The van der Waals surface area contributed by atoms with Crippen molar-refractivity contribution in [3.8, 4) is 17.0 Å². The standard InChI is InChI=1S/C16H12Cl2N4O4/c1-3-25-16(24)26-13-10(11-9(18)6-8(17)7-21-11)15(23)22(2)14-12(13)19-4-5-20-14/h4-7H,3H2,1-2H3. The van der Waals surface area contributed by atoms with Gasteiger partial charge in [0.15, 0.2) is 11.4 Å². The first-order valence-electron chi connectivity index (χ1n) is 7.43. The highest BCUT2D eigenvalue weighted by atomic mass is 35.5. The van der Waals surface area contributed by atoms with Crippen molar-refractivity contribution in [2.24, 2.45) is 7.05 Å². The third-order valence-corrected chi connectivity index (χ3v) is 3.94. The Balaban J connectivity index is 2.38. The molecule has 0 aliphatic carbocycles. The normalized spacial score (nSPS) is 10.8. The summed E-state index contributed by atoms with van der Waals surface area (Å²) in [7, 11) is 1.51. The summed E-state index contributed by atoms with van der Waals surface area (Å²) in [6.07, 6.45) is 3.17. The molecule has 0 unspecified atom stereocenters. The molecule has 0 aliphatic rings. The Morgan fingerprint density at radius 3 is 2.65 bits per heavy atom. The zero-order valence-electron chi connectivity index (χ0n) is 13.7. The molecule has 3 aromatic heterocycles. The molecule has 3 heterocycles. The number of carbonyl (C=O) groups excluding carboxylic acids is 1. The van der Waals surface area contributed by atoms with Gasteiger partial charge in [-0.2, -0.15) is 0 Å². The monoisotopic (exact) mass is 394 g/mol. The van der Waals surface area contributed by atoms with E-state index in [2.05, 4.69) is 15.0 Å². The van der Waals surface area contributed by atoms with E-state index in [1.807, 2.05) is 0 Å². The highest BCUT2D eigenvalue weighted by Crippen LogP contribution is 2.35. The molecule has 0 N–H and O–H groups in total. The maximum absolute atomic E-state index is 12.9. The van der Waals surface area contributed by atoms with Gasteiger partial charge in [0.1, 0.15) is 11.1 Å². The molecule has 3 aromatic rings. The van der Waals surface area contributed by atoms with Gasteiger partial charge in [0.25, 0.3) is 5.56 Å². The maximum Gasteiger partial charge on any atom is 0.513 e. The summed E-state index contributed by atoms with van der Waals surface area (Å²) in [5.41, 5.74) is -0.0520. The van der Waals surface area contributed by atoms with Crippen LogP contribution in [0, 0.1) is 0 Å². The number of carbonyl (C=O) groups is 1. The van der Waals surface area contributed by atoms with Crippen LogP contribution in [0.4, 0.5) is 4.79 Å². The Kier molecular flexibility index (Phi) is 5.06. The van der Waals surface area contributed by atoms with Crippen molar-refractivity contribution >= 4 is 40.5 Å². The van der Waals surface area contributed by atoms with Crippen LogP contribution < -0.4 is 10.3 Å². The minimum Gasteiger partial charge on any atom is -0.434 e. The number of fused-ring (bicyclic) bond motifs is 1. The molecule has 10 heteroatoms. The van der Waals surface area contributed by atoms with E-state index in [9.17, 15) is 9.59 Å². The van der Waals surface area contributed by atoms with Crippen LogP contribution >= 0.6 is 23.2 Å². The summed E-state index contributed by atoms with van der Waals surface area (Å²) in [6.45, 7) is 1.73. The molecule has 0 aromatic carbocycles. The summed E-state index contributed by atoms with van der Waals surface area (Å²) in [4.78, 5) is 37.2. The van der Waals surface area contributed by atoms with Crippen LogP contribution in [0.25, 0.3) is 22.4 Å². The number of pyridine rings is 2. The molecule has 26 heavy (non-hydrogen) atoms. The predicted molar refractivity (Wildman–Crippen MR) is 95.7 cm³/mol. The quantitative estimate of drug-likeness (QED) is 0.628. The first-order valence-corrected chi connectivity index (χ1v) is 8.19. The molecule has 0 spiro atoms. The maximum atomic E-state index is 12.9. The molecular weight excluding hydrogens is 383 g/mol. The van der Waals surface area contributed by atoms with Crippen molar-refractivity contribution in [2.45, 2.75) is 6.92 Å². The van der Waals surface area contributed by atoms with Crippen molar-refractivity contribution in [3.63, 3.8) is 0 Å². The lowest BCUT2D eigenvalue weighted by molar-refractivity contribution is 0.105. The molecule has 0 fully saturated rings. The second kappa shape index (κ2) is 7.27. The fraction of sp³-hybridized carbons (Fsp3) is 0.188. The Bertz CT molecular complexity index is 1070. The number of aryl methyl sites for hydroxylation is 1. The van der Waals surface area contributed by atoms with Crippen molar-refractivity contribution < 1.29 is 14.3 Å². The molecule has 0 saturated carbocycles. The highest BCUT2D eigenvalue weighted by Gasteiger charge is 2.25. The summed E-state index contributed by atoms with van der Waals surface area (Å²) in [6, 6.07) is 1.43. The van der Waals surface area contributed by atoms with Gasteiger partial charge in [-0.3, -0.25) is 14.3 Å². The number of rotatable bonds is 3. The van der Waals surface area contributed by atoms with E-state index >= 15 is 0 Å². The number of ether oxygens (including phenoxy) is 2. The van der Waals surface area contributed by atoms with Crippen LogP contribution in [0.15, 0.2) is 29.5 Å². The number of halogens is 2. The molecule has 0 atom stereocenters. The van der Waals surface area contributed by atoms with E-state index in [1.165, 1.54) is 36.3 Å². The van der Waals surface area contributed by atoms with Gasteiger partial charge in [-0.05, 0) is 13.0 Å². The lowest BCUT2D eigenvalue weighted by Crippen LogP contribution is -2.23. The number of aromatic nitrogens is 4. The molecule has 0 saturated heterocycles. The SMILES string of the molecule is CCOC(=O)Oc1c(-c2ncc(Cl)cc2Cl)c(=O)n(C)c2nccnc12. The minimum absolute atomic E-state index is 0.0461. The Labute approximate surface area is 157 Å². The summed E-state index contributed by atoms with van der Waals surface area (Å²) >= 11 is 12.1. The fourth-order valence-electron chi connectivity index (χ4n) is 2.35. The molecule has 134 valence electrons. The number of hydrogen-bond donors (Lipinski definition) is 0. The topological polar surface area (TPSA) is 96.2 Å². The minimum atomic E-state index is -0.987. The van der Waals surface area contributed by atoms with E-state index in [1.54, 1.807) is 6.92 Å². The molecular formula is C16H12Cl2N4O4. The number of hydrogen-bond acceptors (Lipinski definition) is 7. The summed E-state index contributed by atoms with van der Waals surface area (Å²) in [5.74, 6) is -0.133. The Hall–Kier alpha value is -2.71. The predicted octanol–water partition coefficient (Wildman–Crippen LogP) is 3.23. The van der Waals surface area contributed by atoms with Gasteiger partial charge in [0.2, 0.25) is 0 Å². The van der Waals surface area contributed by atoms with Gasteiger partial charge in [0.05, 0.1) is 22.3 Å². The van der Waals surface area contributed by atoms with Crippen LogP contribution in [-0.2, 0) is 11.8 Å². The van der Waals surface area contributed by atoms with Gasteiger partial charge < -0.3 is 9.47 Å². The van der Waals surface area contributed by atoms with Gasteiger partial charge in [-0.15, -0.1) is 0 Å². The third-order valence-electron chi connectivity index (χ3n) is 3.45. The molecule has 8 nitrogen and oxygen atoms in total. The number of nitrogens with zero attached hydrogens (tertiary/aromatic N) is 4. The van der Waals surface area contributed by atoms with E-state index in [0.717, 1.165) is 0 Å². The second-order valence-corrected chi connectivity index (χ2v) is 5.91.